The van der Waals surface area contributed by atoms with Crippen LogP contribution in [0, 0.1) is 11.6 Å². The molecule has 1 atom stereocenters. The third-order valence-corrected chi connectivity index (χ3v) is 6.33. The monoisotopic (exact) mass is 458 g/mol. The molecule has 6 heteroatoms. The van der Waals surface area contributed by atoms with E-state index in [1.165, 1.54) is 18.2 Å². The highest BCUT2D eigenvalue weighted by Gasteiger charge is 2.28. The van der Waals surface area contributed by atoms with Crippen LogP contribution in [0.15, 0.2) is 60.7 Å². The van der Waals surface area contributed by atoms with Crippen molar-refractivity contribution in [3.05, 3.63) is 89.0 Å². The Hall–Kier alpha value is -3.64. The molecule has 34 heavy (non-hydrogen) atoms. The van der Waals surface area contributed by atoms with Crippen molar-refractivity contribution in [1.29, 1.82) is 0 Å². The minimum Gasteiger partial charge on any atom is -0.388 e. The molecule has 4 aromatic rings. The lowest BCUT2D eigenvalue weighted by Gasteiger charge is -2.17. The number of hydrogen-bond acceptors (Lipinski definition) is 3. The first kappa shape index (κ1) is 22.2. The van der Waals surface area contributed by atoms with Crippen LogP contribution in [0.25, 0.3) is 33.3 Å². The van der Waals surface area contributed by atoms with Gasteiger partial charge in [-0.15, -0.1) is 0 Å². The normalized spacial score (nSPS) is 14.9. The summed E-state index contributed by atoms with van der Waals surface area (Å²) in [6.45, 7) is 2.46. The van der Waals surface area contributed by atoms with E-state index in [0.29, 0.717) is 69.4 Å². The van der Waals surface area contributed by atoms with Crippen molar-refractivity contribution < 1.29 is 18.7 Å². The number of hydrogen-bond donors (Lipinski definition) is 2. The summed E-state index contributed by atoms with van der Waals surface area (Å²) < 4.78 is 28.6. The van der Waals surface area contributed by atoms with Crippen LogP contribution in [-0.2, 0) is 6.42 Å². The molecule has 0 spiro atoms. The molecule has 1 amide bonds. The fraction of sp³-hybridized carbons (Fsp3) is 0.214. The second-order valence-corrected chi connectivity index (χ2v) is 8.57. The Morgan fingerprint density at radius 2 is 1.91 bits per heavy atom. The molecule has 1 heterocycles. The summed E-state index contributed by atoms with van der Waals surface area (Å²) in [7, 11) is 0. The summed E-state index contributed by atoms with van der Waals surface area (Å²) >= 11 is 0. The molecule has 172 valence electrons. The predicted octanol–water partition coefficient (Wildman–Crippen LogP) is 5.97. The lowest BCUT2D eigenvalue weighted by atomic mass is 9.92. The Kier molecular flexibility index (Phi) is 5.84. The largest absolute Gasteiger partial charge is 0.388 e. The van der Waals surface area contributed by atoms with Crippen LogP contribution >= 0.6 is 0 Å². The Labute approximate surface area is 196 Å². The van der Waals surface area contributed by atoms with E-state index in [4.69, 9.17) is 4.98 Å². The average molecular weight is 459 g/mol. The number of halogens is 2. The molecule has 0 bridgehead atoms. The molecule has 4 nitrogen and oxygen atoms in total. The fourth-order valence-electron chi connectivity index (χ4n) is 4.68. The third-order valence-electron chi connectivity index (χ3n) is 6.33. The second kappa shape index (κ2) is 8.95. The topological polar surface area (TPSA) is 62.2 Å². The lowest BCUT2D eigenvalue weighted by molar-refractivity contribution is 0.0953. The molecule has 0 radical (unpaired) electrons. The zero-order valence-electron chi connectivity index (χ0n) is 18.7. The number of aliphatic hydroxyl groups excluding tert-OH is 1. The SMILES string of the molecule is CCCNC(=O)c1c2c(nc3ccc(F)cc13)-c1ccc(-c3ccccc3F)cc1C(O)CC2. The second-order valence-electron chi connectivity index (χ2n) is 8.57. The Bertz CT molecular complexity index is 1420. The van der Waals surface area contributed by atoms with E-state index < -0.39 is 11.9 Å². The number of nitrogens with zero attached hydrogens (tertiary/aromatic N) is 1. The first-order valence-corrected chi connectivity index (χ1v) is 11.5. The number of aromatic nitrogens is 1. The number of aliphatic hydroxyl groups is 1. The molecule has 0 fully saturated rings. The van der Waals surface area contributed by atoms with Crippen LogP contribution in [0.1, 0.15) is 47.4 Å². The van der Waals surface area contributed by atoms with Gasteiger partial charge in [-0.3, -0.25) is 4.79 Å². The highest BCUT2D eigenvalue weighted by atomic mass is 19.1. The summed E-state index contributed by atoms with van der Waals surface area (Å²) in [5.74, 6) is -1.06. The fourth-order valence-corrected chi connectivity index (χ4v) is 4.68. The predicted molar refractivity (Wildman–Crippen MR) is 128 cm³/mol. The zero-order chi connectivity index (χ0) is 23.8. The van der Waals surface area contributed by atoms with E-state index in [1.54, 1.807) is 36.4 Å². The van der Waals surface area contributed by atoms with Gasteiger partial charge in [0.05, 0.1) is 22.9 Å². The number of benzene rings is 3. The van der Waals surface area contributed by atoms with Crippen molar-refractivity contribution in [2.75, 3.05) is 6.54 Å². The van der Waals surface area contributed by atoms with E-state index in [9.17, 15) is 18.7 Å². The standard InChI is InChI=1S/C28H24F2N2O2/c1-2-13-31-28(34)26-20-10-12-25(33)21-14-16(18-5-3-4-6-23(18)30)7-9-19(21)27(20)32-24-11-8-17(29)15-22(24)26/h3-9,11,14-15,25,33H,2,10,12-13H2,1H3,(H,31,34). The number of fused-ring (bicyclic) bond motifs is 4. The van der Waals surface area contributed by atoms with Gasteiger partial charge in [-0.2, -0.15) is 0 Å². The average Bonchev–Trinajstić information content (AvgIpc) is 2.97. The van der Waals surface area contributed by atoms with Crippen molar-refractivity contribution >= 4 is 16.8 Å². The maximum atomic E-state index is 14.4. The number of amides is 1. The molecule has 1 unspecified atom stereocenters. The summed E-state index contributed by atoms with van der Waals surface area (Å²) in [5.41, 5.74) is 4.60. The highest BCUT2D eigenvalue weighted by molar-refractivity contribution is 6.09. The van der Waals surface area contributed by atoms with Crippen molar-refractivity contribution in [2.24, 2.45) is 0 Å². The Morgan fingerprint density at radius 3 is 2.71 bits per heavy atom. The molecule has 1 aliphatic rings. The molecule has 0 aliphatic heterocycles. The van der Waals surface area contributed by atoms with Gasteiger partial charge in [0.1, 0.15) is 11.6 Å². The van der Waals surface area contributed by atoms with Gasteiger partial charge in [0.2, 0.25) is 0 Å². The van der Waals surface area contributed by atoms with Crippen LogP contribution in [-0.4, -0.2) is 22.5 Å². The van der Waals surface area contributed by atoms with Crippen molar-refractivity contribution in [3.8, 4) is 22.4 Å². The van der Waals surface area contributed by atoms with E-state index >= 15 is 0 Å². The van der Waals surface area contributed by atoms with Crippen LogP contribution in [0.3, 0.4) is 0 Å². The van der Waals surface area contributed by atoms with E-state index in [2.05, 4.69) is 5.32 Å². The van der Waals surface area contributed by atoms with Crippen LogP contribution in [0.2, 0.25) is 0 Å². The van der Waals surface area contributed by atoms with Gasteiger partial charge in [-0.25, -0.2) is 13.8 Å². The smallest absolute Gasteiger partial charge is 0.252 e. The molecule has 3 aromatic carbocycles. The molecule has 1 aliphatic carbocycles. The third kappa shape index (κ3) is 3.84. The maximum Gasteiger partial charge on any atom is 0.252 e. The van der Waals surface area contributed by atoms with Crippen LogP contribution in [0.4, 0.5) is 8.78 Å². The van der Waals surface area contributed by atoms with Crippen LogP contribution < -0.4 is 5.32 Å². The quantitative estimate of drug-likeness (QED) is 0.396. The Morgan fingerprint density at radius 1 is 1.09 bits per heavy atom. The summed E-state index contributed by atoms with van der Waals surface area (Å²) in [6, 6.07) is 16.1. The Balaban J connectivity index is 1.75. The molecule has 0 saturated carbocycles. The molecule has 0 saturated heterocycles. The number of nitrogens with one attached hydrogen (secondary N) is 1. The summed E-state index contributed by atoms with van der Waals surface area (Å²) in [6.07, 6.45) is 0.708. The van der Waals surface area contributed by atoms with E-state index in [1.807, 2.05) is 13.0 Å². The van der Waals surface area contributed by atoms with Gasteiger partial charge in [-0.1, -0.05) is 37.3 Å². The van der Waals surface area contributed by atoms with Gasteiger partial charge in [0.25, 0.3) is 5.91 Å². The van der Waals surface area contributed by atoms with Gasteiger partial charge in [-0.05, 0) is 66.3 Å². The molecule has 1 aromatic heterocycles. The van der Waals surface area contributed by atoms with Crippen molar-refractivity contribution in [2.45, 2.75) is 32.3 Å². The minimum atomic E-state index is -0.817. The minimum absolute atomic E-state index is 0.281. The zero-order valence-corrected chi connectivity index (χ0v) is 18.7. The van der Waals surface area contributed by atoms with Gasteiger partial charge in [0.15, 0.2) is 0 Å². The lowest BCUT2D eigenvalue weighted by Crippen LogP contribution is -2.26. The van der Waals surface area contributed by atoms with E-state index in [0.717, 1.165) is 6.42 Å². The van der Waals surface area contributed by atoms with Crippen molar-refractivity contribution in [3.63, 3.8) is 0 Å². The first-order chi connectivity index (χ1) is 16.5. The number of carbonyl (C=O) groups is 1. The molecule has 2 N–H and O–H groups in total. The van der Waals surface area contributed by atoms with E-state index in [-0.39, 0.29) is 11.7 Å². The number of rotatable bonds is 4. The number of pyridine rings is 1. The highest BCUT2D eigenvalue weighted by Crippen LogP contribution is 2.41. The molecular weight excluding hydrogens is 434 g/mol. The van der Waals surface area contributed by atoms with Gasteiger partial charge in [0, 0.05) is 23.1 Å². The van der Waals surface area contributed by atoms with Crippen molar-refractivity contribution in [1.82, 2.24) is 10.3 Å². The van der Waals surface area contributed by atoms with Gasteiger partial charge >= 0.3 is 0 Å². The van der Waals surface area contributed by atoms with Gasteiger partial charge < -0.3 is 10.4 Å². The summed E-state index contributed by atoms with van der Waals surface area (Å²) in [4.78, 5) is 18.0. The number of carbonyl (C=O) groups excluding carboxylic acids is 1. The van der Waals surface area contributed by atoms with Crippen LogP contribution in [0.5, 0.6) is 0 Å². The molecule has 5 rings (SSSR count). The first-order valence-electron chi connectivity index (χ1n) is 11.5. The maximum absolute atomic E-state index is 14.4. The molecular formula is C28H24F2N2O2. The summed E-state index contributed by atoms with van der Waals surface area (Å²) in [5, 5.41) is 14.4.